The summed E-state index contributed by atoms with van der Waals surface area (Å²) in [5.74, 6) is -0.633. The van der Waals surface area contributed by atoms with E-state index in [0.29, 0.717) is 5.82 Å². The van der Waals surface area contributed by atoms with Gasteiger partial charge < -0.3 is 15.7 Å². The van der Waals surface area contributed by atoms with E-state index in [1.165, 1.54) is 17.9 Å². The van der Waals surface area contributed by atoms with E-state index >= 15 is 0 Å². The van der Waals surface area contributed by atoms with Crippen molar-refractivity contribution in [1.82, 2.24) is 25.4 Å². The van der Waals surface area contributed by atoms with Crippen molar-refractivity contribution in [3.63, 3.8) is 0 Å². The van der Waals surface area contributed by atoms with Gasteiger partial charge in [-0.3, -0.25) is 9.48 Å². The summed E-state index contributed by atoms with van der Waals surface area (Å²) in [5.41, 5.74) is 0. The molecule has 0 aliphatic heterocycles. The van der Waals surface area contributed by atoms with Gasteiger partial charge in [0.1, 0.15) is 12.4 Å². The van der Waals surface area contributed by atoms with Crippen molar-refractivity contribution in [2.24, 2.45) is 7.05 Å². The van der Waals surface area contributed by atoms with Crippen LogP contribution in [0.5, 0.6) is 0 Å². The minimum absolute atomic E-state index is 0.152. The van der Waals surface area contributed by atoms with Gasteiger partial charge in [0.05, 0.1) is 6.54 Å². The van der Waals surface area contributed by atoms with Crippen molar-refractivity contribution in [2.75, 3.05) is 0 Å². The quantitative estimate of drug-likeness (QED) is 0.616. The van der Waals surface area contributed by atoms with Crippen molar-refractivity contribution in [1.29, 1.82) is 0 Å². The minimum atomic E-state index is -1.09. The third-order valence-corrected chi connectivity index (χ3v) is 1.77. The number of carbonyl (C=O) groups excluding carboxylic acids is 1. The third-order valence-electron chi connectivity index (χ3n) is 1.77. The second-order valence-electron chi connectivity index (χ2n) is 3.22. The van der Waals surface area contributed by atoms with Crippen molar-refractivity contribution in [2.45, 2.75) is 19.5 Å². The lowest BCUT2D eigenvalue weighted by molar-refractivity contribution is -0.138. The van der Waals surface area contributed by atoms with Gasteiger partial charge in [-0.05, 0) is 6.92 Å². The normalized spacial score (nSPS) is 11.9. The highest BCUT2D eigenvalue weighted by atomic mass is 16.4. The molecule has 1 heterocycles. The van der Waals surface area contributed by atoms with Crippen molar-refractivity contribution >= 4 is 12.0 Å². The Morgan fingerprint density at radius 2 is 2.31 bits per heavy atom. The van der Waals surface area contributed by atoms with Gasteiger partial charge in [0, 0.05) is 7.05 Å². The van der Waals surface area contributed by atoms with Crippen LogP contribution in [0.25, 0.3) is 0 Å². The summed E-state index contributed by atoms with van der Waals surface area (Å²) < 4.78 is 1.51. The van der Waals surface area contributed by atoms with Crippen LogP contribution < -0.4 is 10.6 Å². The van der Waals surface area contributed by atoms with Crippen molar-refractivity contribution < 1.29 is 14.7 Å². The number of amides is 2. The fourth-order valence-corrected chi connectivity index (χ4v) is 0.934. The molecule has 0 aromatic carbocycles. The Morgan fingerprint density at radius 1 is 1.62 bits per heavy atom. The van der Waals surface area contributed by atoms with E-state index in [1.54, 1.807) is 7.05 Å². The van der Waals surface area contributed by atoms with Gasteiger partial charge in [-0.25, -0.2) is 9.78 Å². The molecule has 0 saturated carbocycles. The van der Waals surface area contributed by atoms with Gasteiger partial charge in [-0.1, -0.05) is 0 Å². The number of hydrogen-bond acceptors (Lipinski definition) is 4. The number of urea groups is 1. The Morgan fingerprint density at radius 3 is 2.81 bits per heavy atom. The molecule has 0 saturated heterocycles. The fraction of sp³-hybridized carbons (Fsp3) is 0.500. The molecule has 2 amide bonds. The summed E-state index contributed by atoms with van der Waals surface area (Å²) in [5, 5.41) is 17.2. The molecule has 1 rings (SSSR count). The molecule has 0 bridgehead atoms. The van der Waals surface area contributed by atoms with E-state index in [1.807, 2.05) is 0 Å². The Kier molecular flexibility index (Phi) is 3.81. The van der Waals surface area contributed by atoms with Gasteiger partial charge in [-0.15, -0.1) is 0 Å². The standard InChI is InChI=1S/C8H13N5O3/c1-5(7(14)15)11-8(16)9-3-6-10-4-13(2)12-6/h4-5H,3H2,1-2H3,(H,14,15)(H2,9,11,16). The number of aromatic nitrogens is 3. The maximum atomic E-state index is 11.2. The molecule has 1 aromatic rings. The zero-order valence-electron chi connectivity index (χ0n) is 8.97. The lowest BCUT2D eigenvalue weighted by Gasteiger charge is -2.09. The summed E-state index contributed by atoms with van der Waals surface area (Å²) >= 11 is 0. The molecule has 1 unspecified atom stereocenters. The zero-order valence-corrected chi connectivity index (χ0v) is 8.97. The van der Waals surface area contributed by atoms with Gasteiger partial charge in [0.25, 0.3) is 0 Å². The van der Waals surface area contributed by atoms with Crippen LogP contribution in [-0.4, -0.2) is 37.9 Å². The van der Waals surface area contributed by atoms with Crippen LogP contribution in [0.15, 0.2) is 6.33 Å². The highest BCUT2D eigenvalue weighted by molar-refractivity contribution is 5.81. The second kappa shape index (κ2) is 5.10. The largest absolute Gasteiger partial charge is 0.480 e. The average molecular weight is 227 g/mol. The monoisotopic (exact) mass is 227 g/mol. The number of nitrogens with one attached hydrogen (secondary N) is 2. The predicted molar refractivity (Wildman–Crippen MR) is 53.5 cm³/mol. The number of aryl methyl sites for hydroxylation is 1. The summed E-state index contributed by atoms with van der Waals surface area (Å²) in [6, 6.07) is -1.50. The first kappa shape index (κ1) is 12.0. The Labute approximate surface area is 91.7 Å². The number of carboxylic acids is 1. The first-order chi connectivity index (χ1) is 7.49. The molecule has 88 valence electrons. The van der Waals surface area contributed by atoms with Gasteiger partial charge in [0.15, 0.2) is 5.82 Å². The maximum absolute atomic E-state index is 11.2. The molecule has 0 aliphatic rings. The molecule has 0 spiro atoms. The first-order valence-electron chi connectivity index (χ1n) is 4.60. The minimum Gasteiger partial charge on any atom is -0.480 e. The van der Waals surface area contributed by atoms with E-state index in [4.69, 9.17) is 5.11 Å². The summed E-state index contributed by atoms with van der Waals surface area (Å²) in [4.78, 5) is 25.5. The molecule has 3 N–H and O–H groups in total. The summed E-state index contributed by atoms with van der Waals surface area (Å²) in [6.07, 6.45) is 1.51. The van der Waals surface area contributed by atoms with Crippen LogP contribution in [0.4, 0.5) is 4.79 Å². The Bertz CT molecular complexity index is 389. The molecule has 1 atom stereocenters. The van der Waals surface area contributed by atoms with Crippen LogP contribution in [0.1, 0.15) is 12.7 Å². The first-order valence-corrected chi connectivity index (χ1v) is 4.60. The average Bonchev–Trinajstić information content (AvgIpc) is 2.61. The number of hydrogen-bond donors (Lipinski definition) is 3. The summed E-state index contributed by atoms with van der Waals surface area (Å²) in [6.45, 7) is 1.53. The zero-order chi connectivity index (χ0) is 12.1. The van der Waals surface area contributed by atoms with E-state index in [9.17, 15) is 9.59 Å². The SMILES string of the molecule is CC(NC(=O)NCc1ncn(C)n1)C(=O)O. The molecular formula is C8H13N5O3. The molecule has 1 aromatic heterocycles. The molecule has 0 fully saturated rings. The number of aliphatic carboxylic acids is 1. The van der Waals surface area contributed by atoms with Crippen molar-refractivity contribution in [3.8, 4) is 0 Å². The third kappa shape index (κ3) is 3.56. The smallest absolute Gasteiger partial charge is 0.325 e. The highest BCUT2D eigenvalue weighted by Gasteiger charge is 2.13. The molecule has 0 aliphatic carbocycles. The van der Waals surface area contributed by atoms with Gasteiger partial charge in [0.2, 0.25) is 0 Å². The Hall–Kier alpha value is -2.12. The van der Waals surface area contributed by atoms with E-state index in [-0.39, 0.29) is 6.54 Å². The molecule has 16 heavy (non-hydrogen) atoms. The molecule has 8 nitrogen and oxygen atoms in total. The predicted octanol–water partition coefficient (Wildman–Crippen LogP) is -0.913. The molecule has 8 heteroatoms. The summed E-state index contributed by atoms with van der Waals surface area (Å²) in [7, 11) is 1.71. The van der Waals surface area contributed by atoms with Crippen LogP contribution in [-0.2, 0) is 18.4 Å². The van der Waals surface area contributed by atoms with Crippen LogP contribution in [0.2, 0.25) is 0 Å². The van der Waals surface area contributed by atoms with Crippen LogP contribution in [0.3, 0.4) is 0 Å². The van der Waals surface area contributed by atoms with E-state index in [2.05, 4.69) is 20.7 Å². The van der Waals surface area contributed by atoms with E-state index in [0.717, 1.165) is 0 Å². The molecule has 0 radical (unpaired) electrons. The lowest BCUT2D eigenvalue weighted by Crippen LogP contribution is -2.44. The molecular weight excluding hydrogens is 214 g/mol. The lowest BCUT2D eigenvalue weighted by atomic mass is 10.3. The van der Waals surface area contributed by atoms with Gasteiger partial charge in [-0.2, -0.15) is 5.10 Å². The number of nitrogens with zero attached hydrogens (tertiary/aromatic N) is 3. The second-order valence-corrected chi connectivity index (χ2v) is 3.22. The number of carboxylic acid groups (broad SMARTS) is 1. The van der Waals surface area contributed by atoms with Crippen LogP contribution in [0, 0.1) is 0 Å². The number of carbonyl (C=O) groups is 2. The fourth-order valence-electron chi connectivity index (χ4n) is 0.934. The Balaban J connectivity index is 2.33. The maximum Gasteiger partial charge on any atom is 0.325 e. The highest BCUT2D eigenvalue weighted by Crippen LogP contribution is 1.87. The van der Waals surface area contributed by atoms with Crippen molar-refractivity contribution in [3.05, 3.63) is 12.2 Å². The topological polar surface area (TPSA) is 109 Å². The number of rotatable bonds is 4. The van der Waals surface area contributed by atoms with Crippen LogP contribution >= 0.6 is 0 Å². The van der Waals surface area contributed by atoms with E-state index < -0.39 is 18.0 Å². The van der Waals surface area contributed by atoms with Gasteiger partial charge >= 0.3 is 12.0 Å².